The van der Waals surface area contributed by atoms with Gasteiger partial charge < -0.3 is 10.2 Å². The largest absolute Gasteiger partial charge is 0.313 e. The molecule has 2 aliphatic rings. The van der Waals surface area contributed by atoms with E-state index in [1.165, 1.54) is 63.9 Å². The van der Waals surface area contributed by atoms with Crippen molar-refractivity contribution in [3.05, 3.63) is 0 Å². The minimum atomic E-state index is 0.720. The lowest BCUT2D eigenvalue weighted by atomic mass is 10.1. The summed E-state index contributed by atoms with van der Waals surface area (Å²) in [5.41, 5.74) is 0. The van der Waals surface area contributed by atoms with Crippen LogP contribution in [-0.4, -0.2) is 47.6 Å². The maximum atomic E-state index is 3.84. The molecule has 0 radical (unpaired) electrons. The topological polar surface area (TPSA) is 15.3 Å². The molecule has 2 fully saturated rings. The lowest BCUT2D eigenvalue weighted by Gasteiger charge is -2.26. The van der Waals surface area contributed by atoms with Crippen LogP contribution in [0.2, 0.25) is 0 Å². The molecule has 1 N–H and O–H groups in total. The molecule has 3 heteroatoms. The van der Waals surface area contributed by atoms with Gasteiger partial charge in [-0.2, -0.15) is 11.8 Å². The van der Waals surface area contributed by atoms with Crippen molar-refractivity contribution in [3.63, 3.8) is 0 Å². The summed E-state index contributed by atoms with van der Waals surface area (Å²) in [5, 5.41) is 4.74. The van der Waals surface area contributed by atoms with Gasteiger partial charge in [-0.3, -0.25) is 0 Å². The summed E-state index contributed by atoms with van der Waals surface area (Å²) in [6, 6.07) is 1.49. The zero-order valence-corrected chi connectivity index (χ0v) is 13.0. The van der Waals surface area contributed by atoms with Gasteiger partial charge in [0.25, 0.3) is 0 Å². The molecule has 0 bridgehead atoms. The van der Waals surface area contributed by atoms with Gasteiger partial charge in [0.1, 0.15) is 0 Å². The normalized spacial score (nSPS) is 31.5. The van der Waals surface area contributed by atoms with Crippen LogP contribution < -0.4 is 5.32 Å². The third-order valence-corrected chi connectivity index (χ3v) is 5.80. The first-order valence-corrected chi connectivity index (χ1v) is 8.89. The second-order valence-electron chi connectivity index (χ2n) is 6.15. The van der Waals surface area contributed by atoms with Gasteiger partial charge in [-0.05, 0) is 64.8 Å². The summed E-state index contributed by atoms with van der Waals surface area (Å²) in [5.74, 6) is 1.39. The van der Waals surface area contributed by atoms with Crippen LogP contribution in [0.3, 0.4) is 0 Å². The average molecular weight is 270 g/mol. The van der Waals surface area contributed by atoms with Crippen LogP contribution in [0.4, 0.5) is 0 Å². The van der Waals surface area contributed by atoms with Crippen molar-refractivity contribution >= 4 is 11.8 Å². The quantitative estimate of drug-likeness (QED) is 0.845. The molecule has 0 aromatic rings. The number of likely N-dealkylation sites (tertiary alicyclic amines) is 1. The molecule has 2 nitrogen and oxygen atoms in total. The Kier molecular flexibility index (Phi) is 6.33. The first-order valence-electron chi connectivity index (χ1n) is 7.84. The van der Waals surface area contributed by atoms with Gasteiger partial charge in [-0.15, -0.1) is 0 Å². The first kappa shape index (κ1) is 14.7. The van der Waals surface area contributed by atoms with Crippen molar-refractivity contribution in [1.82, 2.24) is 10.2 Å². The molecule has 18 heavy (non-hydrogen) atoms. The highest BCUT2D eigenvalue weighted by Gasteiger charge is 2.20. The fourth-order valence-electron chi connectivity index (χ4n) is 3.11. The van der Waals surface area contributed by atoms with Crippen LogP contribution in [0.1, 0.15) is 52.4 Å². The monoisotopic (exact) mass is 270 g/mol. The van der Waals surface area contributed by atoms with Crippen molar-refractivity contribution in [1.29, 1.82) is 0 Å². The number of nitrogens with zero attached hydrogens (tertiary/aromatic N) is 1. The van der Waals surface area contributed by atoms with E-state index in [2.05, 4.69) is 35.8 Å². The van der Waals surface area contributed by atoms with Crippen LogP contribution in [0.25, 0.3) is 0 Å². The Morgan fingerprint density at radius 3 is 2.72 bits per heavy atom. The first-order chi connectivity index (χ1) is 8.75. The van der Waals surface area contributed by atoms with E-state index < -0.39 is 0 Å². The summed E-state index contributed by atoms with van der Waals surface area (Å²) in [7, 11) is 0. The molecule has 2 unspecified atom stereocenters. The second-order valence-corrected chi connectivity index (χ2v) is 7.56. The highest BCUT2D eigenvalue weighted by molar-refractivity contribution is 7.99. The van der Waals surface area contributed by atoms with E-state index >= 15 is 0 Å². The molecule has 2 rings (SSSR count). The zero-order valence-electron chi connectivity index (χ0n) is 12.2. The molecule has 0 saturated carbocycles. The predicted molar refractivity (Wildman–Crippen MR) is 82.4 cm³/mol. The second kappa shape index (κ2) is 7.76. The average Bonchev–Trinajstić information content (AvgIpc) is 2.63. The van der Waals surface area contributed by atoms with Gasteiger partial charge >= 0.3 is 0 Å². The molecule has 2 atom stereocenters. The number of thioether (sulfide) groups is 1. The Morgan fingerprint density at radius 2 is 2.00 bits per heavy atom. The van der Waals surface area contributed by atoms with Crippen molar-refractivity contribution in [2.24, 2.45) is 0 Å². The molecule has 2 saturated heterocycles. The highest BCUT2D eigenvalue weighted by atomic mass is 32.2. The fraction of sp³-hybridized carbons (Fsp3) is 1.00. The Labute approximate surface area is 117 Å². The van der Waals surface area contributed by atoms with Crippen LogP contribution in [-0.2, 0) is 0 Å². The molecule has 0 aromatic heterocycles. The molecule has 2 heterocycles. The minimum Gasteiger partial charge on any atom is -0.313 e. The van der Waals surface area contributed by atoms with Gasteiger partial charge in [-0.1, -0.05) is 6.42 Å². The molecule has 0 amide bonds. The summed E-state index contributed by atoms with van der Waals surface area (Å²) < 4.78 is 0. The Morgan fingerprint density at radius 1 is 1.11 bits per heavy atom. The lowest BCUT2D eigenvalue weighted by Crippen LogP contribution is -2.37. The maximum absolute atomic E-state index is 3.84. The SMILES string of the molecule is CC(C)N1CCCC(NCC2CCCCS2)CC1. The molecule has 2 aliphatic heterocycles. The van der Waals surface area contributed by atoms with Crippen molar-refractivity contribution in [2.45, 2.75) is 69.7 Å². The summed E-state index contributed by atoms with van der Waals surface area (Å²) in [6.45, 7) is 8.48. The smallest absolute Gasteiger partial charge is 0.0172 e. The summed E-state index contributed by atoms with van der Waals surface area (Å²) >= 11 is 2.19. The summed E-state index contributed by atoms with van der Waals surface area (Å²) in [6.07, 6.45) is 8.41. The number of hydrogen-bond donors (Lipinski definition) is 1. The summed E-state index contributed by atoms with van der Waals surface area (Å²) in [4.78, 5) is 2.64. The van der Waals surface area contributed by atoms with Crippen LogP contribution in [0.5, 0.6) is 0 Å². The van der Waals surface area contributed by atoms with E-state index in [-0.39, 0.29) is 0 Å². The zero-order chi connectivity index (χ0) is 12.8. The van der Waals surface area contributed by atoms with E-state index in [1.807, 2.05) is 0 Å². The van der Waals surface area contributed by atoms with Gasteiger partial charge in [0.2, 0.25) is 0 Å². The van der Waals surface area contributed by atoms with E-state index in [9.17, 15) is 0 Å². The third kappa shape index (κ3) is 4.75. The van der Waals surface area contributed by atoms with Crippen LogP contribution in [0, 0.1) is 0 Å². The van der Waals surface area contributed by atoms with Crippen molar-refractivity contribution in [3.8, 4) is 0 Å². The lowest BCUT2D eigenvalue weighted by molar-refractivity contribution is 0.229. The number of nitrogens with one attached hydrogen (secondary N) is 1. The predicted octanol–water partition coefficient (Wildman–Crippen LogP) is 3.12. The van der Waals surface area contributed by atoms with E-state index in [4.69, 9.17) is 0 Å². The van der Waals surface area contributed by atoms with E-state index in [1.54, 1.807) is 0 Å². The number of rotatable bonds is 4. The minimum absolute atomic E-state index is 0.720. The molecular weight excluding hydrogens is 240 g/mol. The molecule has 0 aromatic carbocycles. The van der Waals surface area contributed by atoms with Crippen molar-refractivity contribution < 1.29 is 0 Å². The Hall–Kier alpha value is 0.270. The van der Waals surface area contributed by atoms with E-state index in [0.717, 1.165) is 17.3 Å². The Bertz CT molecular complexity index is 227. The molecule has 0 spiro atoms. The molecular formula is C15H30N2S. The van der Waals surface area contributed by atoms with Crippen LogP contribution in [0.15, 0.2) is 0 Å². The van der Waals surface area contributed by atoms with Gasteiger partial charge in [0.05, 0.1) is 0 Å². The highest BCUT2D eigenvalue weighted by Crippen LogP contribution is 2.24. The third-order valence-electron chi connectivity index (χ3n) is 4.40. The van der Waals surface area contributed by atoms with Crippen molar-refractivity contribution in [2.75, 3.05) is 25.4 Å². The molecule has 0 aliphatic carbocycles. The van der Waals surface area contributed by atoms with Gasteiger partial charge in [0.15, 0.2) is 0 Å². The van der Waals surface area contributed by atoms with E-state index in [0.29, 0.717) is 0 Å². The number of hydrogen-bond acceptors (Lipinski definition) is 3. The Balaban J connectivity index is 1.66. The fourth-order valence-corrected chi connectivity index (χ4v) is 4.36. The van der Waals surface area contributed by atoms with Crippen LogP contribution >= 0.6 is 11.8 Å². The van der Waals surface area contributed by atoms with Gasteiger partial charge in [-0.25, -0.2) is 0 Å². The standard InChI is InChI=1S/C15H30N2S/c1-13(2)17-9-5-6-14(8-10-17)16-12-15-7-3-4-11-18-15/h13-16H,3-12H2,1-2H3. The maximum Gasteiger partial charge on any atom is 0.0172 e. The van der Waals surface area contributed by atoms with Gasteiger partial charge in [0, 0.05) is 23.9 Å². The molecule has 106 valence electrons.